The molecule has 1 fully saturated rings. The van der Waals surface area contributed by atoms with Crippen LogP contribution in [-0.4, -0.2) is 28.3 Å². The van der Waals surface area contributed by atoms with Crippen molar-refractivity contribution in [2.75, 3.05) is 0 Å². The number of aliphatic carboxylic acids is 1. The van der Waals surface area contributed by atoms with Gasteiger partial charge in [0, 0.05) is 6.04 Å². The Morgan fingerprint density at radius 1 is 1.41 bits per heavy atom. The molecule has 1 aliphatic carbocycles. The second kappa shape index (κ2) is 7.48. The van der Waals surface area contributed by atoms with Crippen molar-refractivity contribution in [2.45, 2.75) is 64.0 Å². The van der Waals surface area contributed by atoms with Crippen molar-refractivity contribution in [1.29, 1.82) is 0 Å². The maximum atomic E-state index is 11.0. The van der Waals surface area contributed by atoms with Gasteiger partial charge in [0.1, 0.15) is 6.04 Å². The van der Waals surface area contributed by atoms with Gasteiger partial charge in [-0.2, -0.15) is 0 Å². The molecule has 98 valence electrons. The fourth-order valence-electron chi connectivity index (χ4n) is 2.18. The summed E-state index contributed by atoms with van der Waals surface area (Å²) in [5, 5.41) is 15.6. The van der Waals surface area contributed by atoms with E-state index >= 15 is 0 Å². The van der Waals surface area contributed by atoms with Crippen LogP contribution < -0.4 is 10.6 Å². The van der Waals surface area contributed by atoms with Crippen LogP contribution in [0.2, 0.25) is 0 Å². The Morgan fingerprint density at radius 3 is 2.59 bits per heavy atom. The molecule has 5 heteroatoms. The number of carboxylic acid groups (broad SMARTS) is 1. The fourth-order valence-corrected chi connectivity index (χ4v) is 2.49. The van der Waals surface area contributed by atoms with Gasteiger partial charge in [0.2, 0.25) is 0 Å². The summed E-state index contributed by atoms with van der Waals surface area (Å²) in [5.74, 6) is -0.834. The first-order valence-corrected chi connectivity index (χ1v) is 6.84. The molecule has 0 unspecified atom stereocenters. The molecule has 17 heavy (non-hydrogen) atoms. The van der Waals surface area contributed by atoms with Gasteiger partial charge in [-0.15, -0.1) is 0 Å². The summed E-state index contributed by atoms with van der Waals surface area (Å²) in [6, 6.07) is -0.150. The zero-order valence-electron chi connectivity index (χ0n) is 10.4. The molecule has 0 heterocycles. The van der Waals surface area contributed by atoms with Crippen molar-refractivity contribution in [1.82, 2.24) is 10.6 Å². The van der Waals surface area contributed by atoms with Crippen molar-refractivity contribution in [3.63, 3.8) is 0 Å². The van der Waals surface area contributed by atoms with E-state index < -0.39 is 12.0 Å². The lowest BCUT2D eigenvalue weighted by atomic mass is 9.96. The second-order valence-corrected chi connectivity index (χ2v) is 5.04. The summed E-state index contributed by atoms with van der Waals surface area (Å²) in [6.07, 6.45) is 7.46. The molecule has 1 atom stereocenters. The molecule has 0 bridgehead atoms. The molecule has 3 N–H and O–H groups in total. The lowest BCUT2D eigenvalue weighted by molar-refractivity contribution is -0.139. The van der Waals surface area contributed by atoms with Gasteiger partial charge in [0.25, 0.3) is 0 Å². The third-order valence-electron chi connectivity index (χ3n) is 3.12. The van der Waals surface area contributed by atoms with E-state index in [1.165, 1.54) is 19.3 Å². The average molecular weight is 258 g/mol. The molecule has 0 amide bonds. The van der Waals surface area contributed by atoms with Gasteiger partial charge in [-0.1, -0.05) is 32.6 Å². The highest BCUT2D eigenvalue weighted by Gasteiger charge is 2.19. The quantitative estimate of drug-likeness (QED) is 0.659. The van der Waals surface area contributed by atoms with Gasteiger partial charge in [-0.25, -0.2) is 4.79 Å². The first kappa shape index (κ1) is 14.2. The first-order chi connectivity index (χ1) is 8.13. The van der Waals surface area contributed by atoms with Crippen LogP contribution in [0.4, 0.5) is 0 Å². The molecular weight excluding hydrogens is 236 g/mol. The number of thiocarbonyl (C=S) groups is 1. The lowest BCUT2D eigenvalue weighted by Gasteiger charge is -2.25. The summed E-state index contributed by atoms with van der Waals surface area (Å²) >= 11 is 5.16. The molecule has 0 aliphatic heterocycles. The molecule has 1 rings (SSSR count). The van der Waals surface area contributed by atoms with Crippen molar-refractivity contribution in [2.24, 2.45) is 0 Å². The van der Waals surface area contributed by atoms with Crippen LogP contribution in [0.25, 0.3) is 0 Å². The molecule has 0 saturated heterocycles. The zero-order chi connectivity index (χ0) is 12.7. The third kappa shape index (κ3) is 5.35. The molecule has 1 aliphatic rings. The Kier molecular flexibility index (Phi) is 6.26. The number of carbonyl (C=O) groups is 1. The summed E-state index contributed by atoms with van der Waals surface area (Å²) in [6.45, 7) is 1.97. The highest BCUT2D eigenvalue weighted by Crippen LogP contribution is 2.17. The summed E-state index contributed by atoms with van der Waals surface area (Å²) in [5.41, 5.74) is 0. The van der Waals surface area contributed by atoms with E-state index in [1.807, 2.05) is 6.92 Å². The van der Waals surface area contributed by atoms with E-state index in [1.54, 1.807) is 0 Å². The van der Waals surface area contributed by atoms with Crippen LogP contribution in [0.1, 0.15) is 51.9 Å². The topological polar surface area (TPSA) is 61.4 Å². The van der Waals surface area contributed by atoms with Gasteiger partial charge in [-0.05, 0) is 31.5 Å². The van der Waals surface area contributed by atoms with Crippen LogP contribution in [0.3, 0.4) is 0 Å². The Morgan fingerprint density at radius 2 is 2.06 bits per heavy atom. The molecule has 4 nitrogen and oxygen atoms in total. The minimum Gasteiger partial charge on any atom is -0.480 e. The third-order valence-corrected chi connectivity index (χ3v) is 3.36. The normalized spacial score (nSPS) is 18.4. The van der Waals surface area contributed by atoms with Crippen LogP contribution in [-0.2, 0) is 4.79 Å². The van der Waals surface area contributed by atoms with Gasteiger partial charge < -0.3 is 15.7 Å². The lowest BCUT2D eigenvalue weighted by Crippen LogP contribution is -2.49. The monoisotopic (exact) mass is 258 g/mol. The predicted octanol–water partition coefficient (Wildman–Crippen LogP) is 2.04. The van der Waals surface area contributed by atoms with E-state index in [0.717, 1.165) is 19.3 Å². The molecule has 0 aromatic carbocycles. The van der Waals surface area contributed by atoms with Gasteiger partial charge in [0.15, 0.2) is 5.11 Å². The maximum absolute atomic E-state index is 11.0. The summed E-state index contributed by atoms with van der Waals surface area (Å²) in [7, 11) is 0. The highest BCUT2D eigenvalue weighted by atomic mass is 32.1. The highest BCUT2D eigenvalue weighted by molar-refractivity contribution is 7.80. The summed E-state index contributed by atoms with van der Waals surface area (Å²) < 4.78 is 0. The van der Waals surface area contributed by atoms with Gasteiger partial charge >= 0.3 is 5.97 Å². The van der Waals surface area contributed by atoms with Gasteiger partial charge in [-0.3, -0.25) is 0 Å². The average Bonchev–Trinajstić information content (AvgIpc) is 2.29. The van der Waals surface area contributed by atoms with E-state index in [4.69, 9.17) is 17.3 Å². The van der Waals surface area contributed by atoms with E-state index in [-0.39, 0.29) is 0 Å². The predicted molar refractivity (Wildman–Crippen MR) is 72.1 cm³/mol. The number of hydrogen-bond donors (Lipinski definition) is 3. The standard InChI is InChI=1S/C12H22N2O2S/c1-2-6-10(11(15)16)14-12(17)13-9-7-4-3-5-8-9/h9-10H,2-8H2,1H3,(H,15,16)(H2,13,14,17)/t10-/m1/s1. The Labute approximate surface area is 108 Å². The number of carboxylic acids is 1. The number of nitrogens with one attached hydrogen (secondary N) is 2. The molecule has 0 aromatic rings. The SMILES string of the molecule is CCC[C@@H](NC(=S)NC1CCCCC1)C(=O)O. The Bertz CT molecular complexity index is 265. The molecule has 0 radical (unpaired) electrons. The minimum atomic E-state index is -0.834. The molecule has 1 saturated carbocycles. The van der Waals surface area contributed by atoms with E-state index in [9.17, 15) is 4.79 Å². The van der Waals surface area contributed by atoms with Crippen LogP contribution in [0.15, 0.2) is 0 Å². The molecule has 0 spiro atoms. The van der Waals surface area contributed by atoms with Crippen molar-refractivity contribution in [3.8, 4) is 0 Å². The van der Waals surface area contributed by atoms with E-state index in [0.29, 0.717) is 17.6 Å². The summed E-state index contributed by atoms with van der Waals surface area (Å²) in [4.78, 5) is 11.0. The van der Waals surface area contributed by atoms with Crippen molar-refractivity contribution >= 4 is 23.3 Å². The number of hydrogen-bond acceptors (Lipinski definition) is 2. The smallest absolute Gasteiger partial charge is 0.326 e. The van der Waals surface area contributed by atoms with E-state index in [2.05, 4.69) is 10.6 Å². The Hall–Kier alpha value is -0.840. The molecule has 0 aromatic heterocycles. The first-order valence-electron chi connectivity index (χ1n) is 6.43. The van der Waals surface area contributed by atoms with Crippen LogP contribution >= 0.6 is 12.2 Å². The molecular formula is C12H22N2O2S. The van der Waals surface area contributed by atoms with Crippen molar-refractivity contribution < 1.29 is 9.90 Å². The zero-order valence-corrected chi connectivity index (χ0v) is 11.2. The Balaban J connectivity index is 2.33. The van der Waals surface area contributed by atoms with Gasteiger partial charge in [0.05, 0.1) is 0 Å². The van der Waals surface area contributed by atoms with Crippen molar-refractivity contribution in [3.05, 3.63) is 0 Å². The second-order valence-electron chi connectivity index (χ2n) is 4.63. The largest absolute Gasteiger partial charge is 0.480 e. The van der Waals surface area contributed by atoms with Crippen LogP contribution in [0.5, 0.6) is 0 Å². The maximum Gasteiger partial charge on any atom is 0.326 e. The van der Waals surface area contributed by atoms with Crippen LogP contribution in [0, 0.1) is 0 Å². The number of rotatable bonds is 5. The fraction of sp³-hybridized carbons (Fsp3) is 0.833. The minimum absolute atomic E-state index is 0.417.